The van der Waals surface area contributed by atoms with Crippen molar-refractivity contribution < 1.29 is 22.3 Å². The summed E-state index contributed by atoms with van der Waals surface area (Å²) < 4.78 is 32.5. The smallest absolute Gasteiger partial charge is 0.394 e. The van der Waals surface area contributed by atoms with Gasteiger partial charge < -0.3 is 10.5 Å². The zero-order valence-electron chi connectivity index (χ0n) is 12.0. The Morgan fingerprint density at radius 2 is 1.73 bits per heavy atom. The van der Waals surface area contributed by atoms with Crippen LogP contribution >= 0.6 is 0 Å². The number of pyridine rings is 1. The lowest BCUT2D eigenvalue weighted by Gasteiger charge is -2.06. The van der Waals surface area contributed by atoms with E-state index in [1.165, 1.54) is 0 Å². The molecule has 3 N–H and O–H groups in total. The highest BCUT2D eigenvalue weighted by Gasteiger charge is 2.01. The molecular formula is C14H18N2O5S. The first kappa shape index (κ1) is 17.9. The summed E-state index contributed by atoms with van der Waals surface area (Å²) in [6.07, 6.45) is 2.49. The van der Waals surface area contributed by atoms with Crippen molar-refractivity contribution >= 4 is 16.1 Å². The number of hydrogen-bond acceptors (Lipinski definition) is 4. The number of aromatic nitrogens is 1. The van der Waals surface area contributed by atoms with Gasteiger partial charge in [-0.3, -0.25) is 9.11 Å². The highest BCUT2D eigenvalue weighted by Crippen LogP contribution is 2.05. The lowest BCUT2D eigenvalue weighted by Crippen LogP contribution is -2.30. The van der Waals surface area contributed by atoms with E-state index in [0.29, 0.717) is 0 Å². The van der Waals surface area contributed by atoms with Gasteiger partial charge in [-0.25, -0.2) is 0 Å². The molecule has 120 valence electrons. The van der Waals surface area contributed by atoms with E-state index >= 15 is 0 Å². The summed E-state index contributed by atoms with van der Waals surface area (Å²) in [5, 5.41) is 14.7. The normalized spacial score (nSPS) is 10.5. The molecule has 0 bridgehead atoms. The van der Waals surface area contributed by atoms with Crippen molar-refractivity contribution in [3.8, 4) is 0 Å². The number of benzene rings is 1. The Hall–Kier alpha value is -2.16. The van der Waals surface area contributed by atoms with Crippen LogP contribution in [0.5, 0.6) is 0 Å². The van der Waals surface area contributed by atoms with Gasteiger partial charge in [0.2, 0.25) is 0 Å². The zero-order chi connectivity index (χ0) is 16.6. The first-order valence-corrected chi connectivity index (χ1v) is 7.83. The summed E-state index contributed by atoms with van der Waals surface area (Å²) in [7, 11) is -4.67. The molecule has 0 fully saturated rings. The van der Waals surface area contributed by atoms with Crippen LogP contribution in [0.3, 0.4) is 0 Å². The van der Waals surface area contributed by atoms with E-state index in [-0.39, 0.29) is 0 Å². The molecule has 22 heavy (non-hydrogen) atoms. The molecule has 8 heteroatoms. The number of aryl methyl sites for hydroxylation is 1. The molecule has 0 radical (unpaired) electrons. The quantitative estimate of drug-likeness (QED) is 0.447. The number of nitrogens with zero attached hydrogens (tertiary/aromatic N) is 1. The number of rotatable bonds is 4. The molecule has 0 saturated heterocycles. The molecule has 0 aliphatic heterocycles. The predicted molar refractivity (Wildman–Crippen MR) is 83.0 cm³/mol. The number of anilines is 1. The van der Waals surface area contributed by atoms with Crippen LogP contribution in [0.2, 0.25) is 0 Å². The second-order valence-corrected chi connectivity index (χ2v) is 5.39. The third kappa shape index (κ3) is 8.20. The van der Waals surface area contributed by atoms with Gasteiger partial charge >= 0.3 is 10.4 Å². The fraction of sp³-hybridized carbons (Fsp3) is 0.214. The Kier molecular flexibility index (Phi) is 6.77. The number of para-hydroxylation sites is 1. The van der Waals surface area contributed by atoms with Gasteiger partial charge in [0, 0.05) is 30.8 Å². The maximum Gasteiger partial charge on any atom is 0.394 e. The van der Waals surface area contributed by atoms with Gasteiger partial charge in [-0.2, -0.15) is 13.1 Å². The van der Waals surface area contributed by atoms with E-state index in [1.54, 1.807) is 13.1 Å². The van der Waals surface area contributed by atoms with Crippen LogP contribution in [0.15, 0.2) is 48.7 Å². The van der Waals surface area contributed by atoms with Crippen molar-refractivity contribution in [1.29, 1.82) is 0 Å². The monoisotopic (exact) mass is 326 g/mol. The highest BCUT2D eigenvalue weighted by molar-refractivity contribution is 7.79. The van der Waals surface area contributed by atoms with Crippen LogP contribution in [0.25, 0.3) is 0 Å². The van der Waals surface area contributed by atoms with Gasteiger partial charge in [0.25, 0.3) is 0 Å². The van der Waals surface area contributed by atoms with E-state index in [9.17, 15) is 5.21 Å². The van der Waals surface area contributed by atoms with E-state index in [0.717, 1.165) is 34.6 Å². The van der Waals surface area contributed by atoms with Crippen molar-refractivity contribution in [3.63, 3.8) is 0 Å². The maximum absolute atomic E-state index is 11.4. The molecule has 0 atom stereocenters. The van der Waals surface area contributed by atoms with Gasteiger partial charge in [0.05, 0.1) is 0 Å². The van der Waals surface area contributed by atoms with E-state index in [1.807, 2.05) is 42.5 Å². The SMILES string of the molecule is Cc1ccc(CCNc2ccccc2)c[n+]1[O-].O=S(=O)(O)O. The van der Waals surface area contributed by atoms with Gasteiger partial charge in [-0.05, 0) is 24.6 Å². The van der Waals surface area contributed by atoms with Crippen LogP contribution in [-0.4, -0.2) is 24.1 Å². The molecule has 1 heterocycles. The Morgan fingerprint density at radius 3 is 2.27 bits per heavy atom. The molecule has 7 nitrogen and oxygen atoms in total. The topological polar surface area (TPSA) is 114 Å². The molecule has 0 saturated carbocycles. The average Bonchev–Trinajstić information content (AvgIpc) is 2.42. The Balaban J connectivity index is 0.000000422. The van der Waals surface area contributed by atoms with Crippen LogP contribution in [0.4, 0.5) is 5.69 Å². The number of nitrogens with one attached hydrogen (secondary N) is 1. The molecule has 0 aliphatic rings. The lowest BCUT2D eigenvalue weighted by molar-refractivity contribution is -0.612. The Bertz CT molecular complexity index is 682. The second-order valence-electron chi connectivity index (χ2n) is 4.50. The second kappa shape index (κ2) is 8.32. The first-order chi connectivity index (χ1) is 10.3. The van der Waals surface area contributed by atoms with Crippen molar-refractivity contribution in [2.24, 2.45) is 0 Å². The van der Waals surface area contributed by atoms with Crippen molar-refractivity contribution in [1.82, 2.24) is 0 Å². The summed E-state index contributed by atoms with van der Waals surface area (Å²) in [4.78, 5) is 0. The summed E-state index contributed by atoms with van der Waals surface area (Å²) in [5.41, 5.74) is 2.88. The molecule has 0 aliphatic carbocycles. The zero-order valence-corrected chi connectivity index (χ0v) is 12.8. The van der Waals surface area contributed by atoms with Gasteiger partial charge in [-0.15, -0.1) is 0 Å². The fourth-order valence-electron chi connectivity index (χ4n) is 1.65. The summed E-state index contributed by atoms with van der Waals surface area (Å²) >= 11 is 0. The maximum atomic E-state index is 11.4. The van der Waals surface area contributed by atoms with Crippen molar-refractivity contribution in [2.75, 3.05) is 11.9 Å². The van der Waals surface area contributed by atoms with Gasteiger partial charge in [-0.1, -0.05) is 18.2 Å². The minimum Gasteiger partial charge on any atom is -0.619 e. The fourth-order valence-corrected chi connectivity index (χ4v) is 1.65. The molecule has 0 unspecified atom stereocenters. The van der Waals surface area contributed by atoms with Crippen LogP contribution in [0.1, 0.15) is 11.3 Å². The van der Waals surface area contributed by atoms with Gasteiger partial charge in [0.15, 0.2) is 11.9 Å². The highest BCUT2D eigenvalue weighted by atomic mass is 32.3. The molecule has 0 amide bonds. The van der Waals surface area contributed by atoms with E-state index in [2.05, 4.69) is 5.32 Å². The third-order valence-corrected chi connectivity index (χ3v) is 2.69. The minimum atomic E-state index is -4.67. The Labute approximate surface area is 129 Å². The standard InChI is InChI=1S/C14H16N2O.H2O4S/c1-12-7-8-13(11-16(12)17)9-10-15-14-5-3-2-4-6-14;1-5(2,3)4/h2-8,11,15H,9-10H2,1H3;(H2,1,2,3,4). The molecule has 1 aromatic heterocycles. The minimum absolute atomic E-state index is 0.727. The molecule has 1 aromatic carbocycles. The van der Waals surface area contributed by atoms with Crippen LogP contribution in [-0.2, 0) is 16.8 Å². The molecule has 2 rings (SSSR count). The average molecular weight is 326 g/mol. The molecule has 0 spiro atoms. The summed E-state index contributed by atoms with van der Waals surface area (Å²) in [5.74, 6) is 0. The largest absolute Gasteiger partial charge is 0.619 e. The summed E-state index contributed by atoms with van der Waals surface area (Å²) in [6, 6.07) is 13.9. The molecular weight excluding hydrogens is 308 g/mol. The Morgan fingerprint density at radius 1 is 1.14 bits per heavy atom. The summed E-state index contributed by atoms with van der Waals surface area (Å²) in [6.45, 7) is 2.63. The van der Waals surface area contributed by atoms with E-state index in [4.69, 9.17) is 17.5 Å². The van der Waals surface area contributed by atoms with E-state index < -0.39 is 10.4 Å². The van der Waals surface area contributed by atoms with Crippen LogP contribution in [0, 0.1) is 12.1 Å². The van der Waals surface area contributed by atoms with Crippen molar-refractivity contribution in [3.05, 3.63) is 65.1 Å². The van der Waals surface area contributed by atoms with Gasteiger partial charge in [0.1, 0.15) is 0 Å². The number of hydrogen-bond donors (Lipinski definition) is 3. The predicted octanol–water partition coefficient (Wildman–Crippen LogP) is 1.63. The molecule has 2 aromatic rings. The van der Waals surface area contributed by atoms with Crippen molar-refractivity contribution in [2.45, 2.75) is 13.3 Å². The first-order valence-electron chi connectivity index (χ1n) is 6.43. The van der Waals surface area contributed by atoms with Crippen LogP contribution < -0.4 is 10.0 Å². The lowest BCUT2D eigenvalue weighted by atomic mass is 10.2. The third-order valence-electron chi connectivity index (χ3n) is 2.69.